The number of sulfonamides is 1. The fraction of sp³-hybridized carbons (Fsp3) is 0.286. The highest BCUT2D eigenvalue weighted by atomic mass is 32.2. The van der Waals surface area contributed by atoms with Crippen molar-refractivity contribution < 1.29 is 21.9 Å². The Morgan fingerprint density at radius 3 is 2.44 bits per heavy atom. The maximum Gasteiger partial charge on any atom is 0.267 e. The van der Waals surface area contributed by atoms with Crippen LogP contribution in [0.15, 0.2) is 11.1 Å². The third kappa shape index (κ3) is 2.36. The van der Waals surface area contributed by atoms with Crippen molar-refractivity contribution in [3.05, 3.63) is 11.6 Å². The number of anilines is 1. The van der Waals surface area contributed by atoms with E-state index in [1.165, 1.54) is 0 Å². The molecule has 16 heavy (non-hydrogen) atoms. The van der Waals surface area contributed by atoms with E-state index in [-0.39, 0.29) is 5.75 Å². The van der Waals surface area contributed by atoms with Crippen LogP contribution in [0, 0.1) is 0 Å². The van der Waals surface area contributed by atoms with Gasteiger partial charge in [0.2, 0.25) is 0 Å². The predicted molar refractivity (Wildman–Crippen MR) is 51.5 cm³/mol. The van der Waals surface area contributed by atoms with Crippen molar-refractivity contribution in [1.82, 2.24) is 4.98 Å². The van der Waals surface area contributed by atoms with E-state index in [9.17, 15) is 17.2 Å². The molecular formula is C7H9F2N3O3S. The Balaban J connectivity index is 3.52. The van der Waals surface area contributed by atoms with Gasteiger partial charge in [0.25, 0.3) is 16.4 Å². The fourth-order valence-corrected chi connectivity index (χ4v) is 1.60. The summed E-state index contributed by atoms with van der Waals surface area (Å²) >= 11 is 0. The summed E-state index contributed by atoms with van der Waals surface area (Å²) in [6.45, 7) is 0. The first-order chi connectivity index (χ1) is 7.27. The van der Waals surface area contributed by atoms with Crippen LogP contribution in [0.3, 0.4) is 0 Å². The minimum absolute atomic E-state index is 0.359. The molecule has 1 heterocycles. The van der Waals surface area contributed by atoms with Crippen LogP contribution in [-0.2, 0) is 10.0 Å². The Hall–Kier alpha value is -1.48. The van der Waals surface area contributed by atoms with Crippen molar-refractivity contribution in [2.75, 3.05) is 12.8 Å². The molecule has 1 aromatic rings. The molecule has 0 saturated carbocycles. The summed E-state index contributed by atoms with van der Waals surface area (Å²) in [6, 6.07) is 0.634. The van der Waals surface area contributed by atoms with Crippen LogP contribution in [-0.4, -0.2) is 20.5 Å². The lowest BCUT2D eigenvalue weighted by Crippen LogP contribution is -2.16. The number of nitrogens with two attached hydrogens (primary N) is 2. The summed E-state index contributed by atoms with van der Waals surface area (Å²) < 4.78 is 51.6. The lowest BCUT2D eigenvalue weighted by molar-refractivity contribution is 0.146. The number of ether oxygens (including phenoxy) is 1. The highest BCUT2D eigenvalue weighted by Crippen LogP contribution is 2.33. The summed E-state index contributed by atoms with van der Waals surface area (Å²) in [5.74, 6) is -0.813. The van der Waals surface area contributed by atoms with Gasteiger partial charge in [0.15, 0.2) is 16.6 Å². The van der Waals surface area contributed by atoms with Crippen LogP contribution in [0.2, 0.25) is 0 Å². The number of hydrogen-bond acceptors (Lipinski definition) is 5. The Bertz CT molecular complexity index is 504. The molecule has 9 heteroatoms. The van der Waals surface area contributed by atoms with Crippen LogP contribution in [0.5, 0.6) is 5.75 Å². The van der Waals surface area contributed by atoms with E-state index in [0.717, 1.165) is 7.11 Å². The molecule has 0 saturated heterocycles. The molecular weight excluding hydrogens is 244 g/mol. The lowest BCUT2D eigenvalue weighted by Gasteiger charge is -2.11. The number of methoxy groups -OCH3 is 1. The van der Waals surface area contributed by atoms with Crippen LogP contribution < -0.4 is 15.6 Å². The predicted octanol–water partition coefficient (Wildman–Crippen LogP) is 0.257. The van der Waals surface area contributed by atoms with Crippen LogP contribution in [0.1, 0.15) is 12.0 Å². The summed E-state index contributed by atoms with van der Waals surface area (Å²) in [4.78, 5) is 3.36. The van der Waals surface area contributed by atoms with E-state index < -0.39 is 32.9 Å². The molecule has 0 atom stereocenters. The zero-order valence-electron chi connectivity index (χ0n) is 8.15. The molecule has 0 aliphatic rings. The van der Waals surface area contributed by atoms with Gasteiger partial charge < -0.3 is 10.5 Å². The largest absolute Gasteiger partial charge is 0.492 e. The summed E-state index contributed by atoms with van der Waals surface area (Å²) in [7, 11) is -3.07. The number of hydrogen-bond donors (Lipinski definition) is 2. The quantitative estimate of drug-likeness (QED) is 0.803. The number of pyridine rings is 1. The number of rotatable bonds is 3. The topological polar surface area (TPSA) is 108 Å². The van der Waals surface area contributed by atoms with Gasteiger partial charge in [0.05, 0.1) is 12.7 Å². The van der Waals surface area contributed by atoms with Crippen LogP contribution >= 0.6 is 0 Å². The second-order valence-corrected chi connectivity index (χ2v) is 4.32. The number of nitrogen functional groups attached to an aromatic ring is 1. The zero-order chi connectivity index (χ0) is 12.5. The van der Waals surface area contributed by atoms with Gasteiger partial charge in [-0.25, -0.2) is 27.3 Å². The van der Waals surface area contributed by atoms with Crippen molar-refractivity contribution in [2.45, 2.75) is 11.5 Å². The minimum Gasteiger partial charge on any atom is -0.492 e. The average Bonchev–Trinajstić information content (AvgIpc) is 2.14. The van der Waals surface area contributed by atoms with Crippen LogP contribution in [0.25, 0.3) is 0 Å². The number of alkyl halides is 2. The third-order valence-corrected chi connectivity index (χ3v) is 2.53. The fourth-order valence-electron chi connectivity index (χ4n) is 1.08. The van der Waals surface area contributed by atoms with E-state index in [1.54, 1.807) is 0 Å². The first kappa shape index (κ1) is 12.6. The van der Waals surface area contributed by atoms with Gasteiger partial charge in [0, 0.05) is 0 Å². The highest BCUT2D eigenvalue weighted by Gasteiger charge is 2.22. The molecule has 0 amide bonds. The molecule has 0 aliphatic heterocycles. The van der Waals surface area contributed by atoms with E-state index in [2.05, 4.69) is 9.72 Å². The molecule has 0 aromatic carbocycles. The zero-order valence-corrected chi connectivity index (χ0v) is 8.96. The molecule has 6 nitrogen and oxygen atoms in total. The second-order valence-electron chi connectivity index (χ2n) is 2.81. The lowest BCUT2D eigenvalue weighted by atomic mass is 10.2. The summed E-state index contributed by atoms with van der Waals surface area (Å²) in [5.41, 5.74) is 4.61. The number of aromatic nitrogens is 1. The molecule has 4 N–H and O–H groups in total. The number of primary sulfonamides is 1. The minimum atomic E-state index is -4.19. The molecule has 0 aliphatic carbocycles. The Kier molecular flexibility index (Phi) is 3.29. The third-order valence-electron chi connectivity index (χ3n) is 1.74. The van der Waals surface area contributed by atoms with Crippen molar-refractivity contribution in [1.29, 1.82) is 0 Å². The number of nitrogens with zero attached hydrogens (tertiary/aromatic N) is 1. The SMILES string of the molecule is COc1c(C(F)F)cc(S(N)(=O)=O)nc1N. The Morgan fingerprint density at radius 2 is 2.06 bits per heavy atom. The van der Waals surface area contributed by atoms with E-state index in [0.29, 0.717) is 6.07 Å². The van der Waals surface area contributed by atoms with Crippen molar-refractivity contribution >= 4 is 15.8 Å². The molecule has 90 valence electrons. The molecule has 0 spiro atoms. The van der Waals surface area contributed by atoms with Gasteiger partial charge in [-0.2, -0.15) is 0 Å². The van der Waals surface area contributed by atoms with Gasteiger partial charge in [-0.15, -0.1) is 0 Å². The Labute approximate surface area is 90.3 Å². The first-order valence-electron chi connectivity index (χ1n) is 3.92. The van der Waals surface area contributed by atoms with Gasteiger partial charge in [0.1, 0.15) is 0 Å². The first-order valence-corrected chi connectivity index (χ1v) is 5.47. The summed E-state index contributed by atoms with van der Waals surface area (Å²) in [6.07, 6.45) is -2.94. The molecule has 1 aromatic heterocycles. The average molecular weight is 253 g/mol. The normalized spacial score (nSPS) is 11.8. The Morgan fingerprint density at radius 1 is 1.50 bits per heavy atom. The van der Waals surface area contributed by atoms with Crippen molar-refractivity contribution in [3.8, 4) is 5.75 Å². The van der Waals surface area contributed by atoms with Gasteiger partial charge >= 0.3 is 0 Å². The molecule has 0 unspecified atom stereocenters. The second kappa shape index (κ2) is 4.18. The van der Waals surface area contributed by atoms with Crippen molar-refractivity contribution in [2.24, 2.45) is 5.14 Å². The highest BCUT2D eigenvalue weighted by molar-refractivity contribution is 7.89. The van der Waals surface area contributed by atoms with E-state index >= 15 is 0 Å². The monoisotopic (exact) mass is 253 g/mol. The standard InChI is InChI=1S/C7H9F2N3O3S/c1-15-5-3(6(8)9)2-4(12-7(5)10)16(11,13)14/h2,6H,1H3,(H2,10,12)(H2,11,13,14). The summed E-state index contributed by atoms with van der Waals surface area (Å²) in [5, 5.41) is 4.03. The van der Waals surface area contributed by atoms with E-state index in [4.69, 9.17) is 10.9 Å². The van der Waals surface area contributed by atoms with Gasteiger partial charge in [-0.3, -0.25) is 0 Å². The maximum absolute atomic E-state index is 12.6. The maximum atomic E-state index is 12.6. The smallest absolute Gasteiger partial charge is 0.267 e. The molecule has 1 rings (SSSR count). The van der Waals surface area contributed by atoms with Gasteiger partial charge in [-0.1, -0.05) is 0 Å². The molecule has 0 fully saturated rings. The van der Waals surface area contributed by atoms with Crippen LogP contribution in [0.4, 0.5) is 14.6 Å². The van der Waals surface area contributed by atoms with Crippen molar-refractivity contribution in [3.63, 3.8) is 0 Å². The molecule has 0 bridgehead atoms. The van der Waals surface area contributed by atoms with E-state index in [1.807, 2.05) is 0 Å². The van der Waals surface area contributed by atoms with Gasteiger partial charge in [-0.05, 0) is 6.07 Å². The molecule has 0 radical (unpaired) electrons. The number of halogens is 2.